The summed E-state index contributed by atoms with van der Waals surface area (Å²) in [5.41, 5.74) is 2.09. The molecule has 4 heteroatoms. The van der Waals surface area contributed by atoms with Crippen LogP contribution in [0.2, 0.25) is 0 Å². The van der Waals surface area contributed by atoms with Gasteiger partial charge in [0.05, 0.1) is 0 Å². The molecule has 2 N–H and O–H groups in total. The molecule has 1 unspecified atom stereocenters. The molecule has 0 bridgehead atoms. The summed E-state index contributed by atoms with van der Waals surface area (Å²) in [4.78, 5) is 14.4. The van der Waals surface area contributed by atoms with Crippen LogP contribution in [0.15, 0.2) is 35.6 Å². The molecular weight excluding hydrogens is 250 g/mol. The maximum atomic E-state index is 11.1. The van der Waals surface area contributed by atoms with Crippen molar-refractivity contribution in [3.8, 4) is 0 Å². The first kappa shape index (κ1) is 14.7. The van der Waals surface area contributed by atoms with E-state index in [0.29, 0.717) is 12.3 Å². The molecule has 0 saturated carbocycles. The van der Waals surface area contributed by atoms with Gasteiger partial charge >= 0.3 is 0 Å². The number of para-hydroxylation sites is 1. The summed E-state index contributed by atoms with van der Waals surface area (Å²) in [7, 11) is 0. The molecule has 0 aliphatic carbocycles. The Balaban J connectivity index is 2.16. The van der Waals surface area contributed by atoms with E-state index >= 15 is 0 Å². The van der Waals surface area contributed by atoms with Gasteiger partial charge in [0.1, 0.15) is 6.17 Å². The number of fused-ring (bicyclic) bond motifs is 1. The highest BCUT2D eigenvalue weighted by molar-refractivity contribution is 5.83. The molecule has 0 aliphatic heterocycles. The first-order valence-electron chi connectivity index (χ1n) is 7.09. The molecule has 20 heavy (non-hydrogen) atoms. The zero-order valence-corrected chi connectivity index (χ0v) is 12.6. The molecule has 0 radical (unpaired) electrons. The molecule has 2 rings (SSSR count). The largest absolute Gasteiger partial charge is 0.361 e. The normalized spacial score (nSPS) is 13.8. The van der Waals surface area contributed by atoms with Crippen molar-refractivity contribution in [2.24, 2.45) is 11.1 Å². The molecule has 0 fully saturated rings. The minimum atomic E-state index is -0.411. The van der Waals surface area contributed by atoms with Crippen molar-refractivity contribution >= 4 is 10.9 Å². The maximum Gasteiger partial charge on any atom is 0.146 e. The van der Waals surface area contributed by atoms with E-state index in [1.165, 1.54) is 0 Å². The quantitative estimate of drug-likeness (QED) is 0.786. The number of nitrogens with one attached hydrogen (secondary N) is 2. The fourth-order valence-electron chi connectivity index (χ4n) is 2.22. The van der Waals surface area contributed by atoms with E-state index in [-0.39, 0.29) is 5.54 Å². The van der Waals surface area contributed by atoms with Crippen LogP contribution in [0.5, 0.6) is 0 Å². The molecule has 2 aromatic rings. The van der Waals surface area contributed by atoms with E-state index in [1.807, 2.05) is 24.4 Å². The van der Waals surface area contributed by atoms with Gasteiger partial charge in [-0.2, -0.15) is 0 Å². The predicted octanol–water partition coefficient (Wildman–Crippen LogP) is 3.83. The van der Waals surface area contributed by atoms with Crippen molar-refractivity contribution in [1.29, 1.82) is 0 Å². The third-order valence-electron chi connectivity index (χ3n) is 4.20. The number of H-pyrrole nitrogens is 1. The van der Waals surface area contributed by atoms with E-state index < -0.39 is 6.17 Å². The Kier molecular flexibility index (Phi) is 4.23. The lowest BCUT2D eigenvalue weighted by atomic mass is 9.90. The van der Waals surface area contributed by atoms with Gasteiger partial charge in [0.15, 0.2) is 0 Å². The zero-order valence-electron chi connectivity index (χ0n) is 12.6. The van der Waals surface area contributed by atoms with E-state index in [0.717, 1.165) is 16.5 Å². The van der Waals surface area contributed by atoms with Gasteiger partial charge in [0.25, 0.3) is 0 Å². The number of hydrogen-bond acceptors (Lipinski definition) is 3. The smallest absolute Gasteiger partial charge is 0.146 e. The van der Waals surface area contributed by atoms with Crippen LogP contribution in [-0.4, -0.2) is 16.7 Å². The predicted molar refractivity (Wildman–Crippen MR) is 83.6 cm³/mol. The highest BCUT2D eigenvalue weighted by atomic mass is 16.3. The van der Waals surface area contributed by atoms with Gasteiger partial charge in [0.2, 0.25) is 0 Å². The van der Waals surface area contributed by atoms with Crippen LogP contribution < -0.4 is 5.32 Å². The minimum Gasteiger partial charge on any atom is -0.361 e. The summed E-state index contributed by atoms with van der Waals surface area (Å²) in [6, 6.07) is 8.11. The Hall–Kier alpha value is -1.68. The van der Waals surface area contributed by atoms with Gasteiger partial charge in [-0.15, -0.1) is 4.91 Å². The highest BCUT2D eigenvalue weighted by Crippen LogP contribution is 2.21. The molecule has 0 aliphatic rings. The molecule has 0 amide bonds. The van der Waals surface area contributed by atoms with Crippen LogP contribution in [0.3, 0.4) is 0 Å². The van der Waals surface area contributed by atoms with Crippen LogP contribution in [0.1, 0.15) is 33.3 Å². The first-order chi connectivity index (χ1) is 9.44. The number of benzene rings is 1. The summed E-state index contributed by atoms with van der Waals surface area (Å²) in [6.45, 7) is 8.48. The average Bonchev–Trinajstić information content (AvgIpc) is 2.81. The van der Waals surface area contributed by atoms with E-state index in [4.69, 9.17) is 0 Å². The average molecular weight is 273 g/mol. The molecule has 0 spiro atoms. The van der Waals surface area contributed by atoms with E-state index in [1.54, 1.807) is 0 Å². The summed E-state index contributed by atoms with van der Waals surface area (Å²) >= 11 is 0. The second-order valence-electron chi connectivity index (χ2n) is 6.21. The molecular formula is C16H23N3O. The Morgan fingerprint density at radius 2 is 2.00 bits per heavy atom. The standard InChI is InChI=1S/C16H23N3O/c1-11(2)16(3,4)18-15(19-20)9-12-10-17-14-8-6-5-7-13(12)14/h5-8,10-11,15,17-18H,9H2,1-4H3. The van der Waals surface area contributed by atoms with Crippen LogP contribution in [-0.2, 0) is 6.42 Å². The minimum absolute atomic E-state index is 0.120. The number of rotatable bonds is 6. The van der Waals surface area contributed by atoms with Crippen molar-refractivity contribution in [3.63, 3.8) is 0 Å². The topological polar surface area (TPSA) is 57.2 Å². The van der Waals surface area contributed by atoms with E-state index in [9.17, 15) is 4.91 Å². The number of nitroso groups, excluding NO2 is 1. The third kappa shape index (κ3) is 3.07. The molecule has 1 aromatic heterocycles. The van der Waals surface area contributed by atoms with Gasteiger partial charge in [-0.3, -0.25) is 5.32 Å². The van der Waals surface area contributed by atoms with Gasteiger partial charge in [-0.25, -0.2) is 0 Å². The molecule has 4 nitrogen and oxygen atoms in total. The Morgan fingerprint density at radius 1 is 1.30 bits per heavy atom. The monoisotopic (exact) mass is 273 g/mol. The van der Waals surface area contributed by atoms with Crippen molar-refractivity contribution in [2.45, 2.75) is 45.8 Å². The Labute approximate surface area is 119 Å². The first-order valence-corrected chi connectivity index (χ1v) is 7.09. The second-order valence-corrected chi connectivity index (χ2v) is 6.21. The fourth-order valence-corrected chi connectivity index (χ4v) is 2.22. The number of nitrogens with zero attached hydrogens (tertiary/aromatic N) is 1. The Morgan fingerprint density at radius 3 is 2.65 bits per heavy atom. The summed E-state index contributed by atoms with van der Waals surface area (Å²) in [5.74, 6) is 0.426. The van der Waals surface area contributed by atoms with Crippen LogP contribution in [0.25, 0.3) is 10.9 Å². The van der Waals surface area contributed by atoms with Crippen LogP contribution in [0, 0.1) is 10.8 Å². The SMILES string of the molecule is CC(C)C(C)(C)NC(Cc1c[nH]c2ccccc12)N=O. The molecule has 108 valence electrons. The lowest BCUT2D eigenvalue weighted by molar-refractivity contribution is 0.255. The molecule has 1 atom stereocenters. The van der Waals surface area contributed by atoms with Crippen molar-refractivity contribution in [1.82, 2.24) is 10.3 Å². The Bertz CT molecular complexity index is 586. The summed E-state index contributed by atoms with van der Waals surface area (Å²) in [5, 5.41) is 7.77. The molecule has 1 aromatic carbocycles. The lowest BCUT2D eigenvalue weighted by Crippen LogP contribution is -2.49. The second kappa shape index (κ2) is 5.75. The third-order valence-corrected chi connectivity index (χ3v) is 4.20. The van der Waals surface area contributed by atoms with Gasteiger partial charge < -0.3 is 4.98 Å². The maximum absolute atomic E-state index is 11.1. The number of aromatic nitrogens is 1. The summed E-state index contributed by atoms with van der Waals surface area (Å²) in [6.07, 6.45) is 2.16. The van der Waals surface area contributed by atoms with Crippen molar-refractivity contribution in [3.05, 3.63) is 40.9 Å². The van der Waals surface area contributed by atoms with Crippen molar-refractivity contribution in [2.75, 3.05) is 0 Å². The van der Waals surface area contributed by atoms with Gasteiger partial charge in [0, 0.05) is 29.1 Å². The zero-order chi connectivity index (χ0) is 14.8. The number of hydrogen-bond donors (Lipinski definition) is 2. The van der Waals surface area contributed by atoms with Gasteiger partial charge in [-0.1, -0.05) is 37.2 Å². The lowest BCUT2D eigenvalue weighted by Gasteiger charge is -2.32. The highest BCUT2D eigenvalue weighted by Gasteiger charge is 2.26. The fraction of sp³-hybridized carbons (Fsp3) is 0.500. The van der Waals surface area contributed by atoms with Crippen LogP contribution >= 0.6 is 0 Å². The molecule has 1 heterocycles. The van der Waals surface area contributed by atoms with Crippen molar-refractivity contribution < 1.29 is 0 Å². The van der Waals surface area contributed by atoms with Crippen LogP contribution in [0.4, 0.5) is 0 Å². The summed E-state index contributed by atoms with van der Waals surface area (Å²) < 4.78 is 0. The number of aromatic amines is 1. The molecule has 0 saturated heterocycles. The van der Waals surface area contributed by atoms with E-state index in [2.05, 4.69) is 49.2 Å². The van der Waals surface area contributed by atoms with Gasteiger partial charge in [-0.05, 0) is 31.4 Å².